The van der Waals surface area contributed by atoms with Crippen LogP contribution in [0.2, 0.25) is 0 Å². The third-order valence-electron chi connectivity index (χ3n) is 3.00. The molecule has 2 N–H and O–H groups in total. The van der Waals surface area contributed by atoms with E-state index in [9.17, 15) is 18.4 Å². The Balaban J connectivity index is 1.77. The summed E-state index contributed by atoms with van der Waals surface area (Å²) in [6, 6.07) is 6.81. The molecule has 2 rings (SSSR count). The molecule has 0 saturated carbocycles. The van der Waals surface area contributed by atoms with Crippen molar-refractivity contribution in [3.05, 3.63) is 66.0 Å². The minimum absolute atomic E-state index is 0.0581. The average molecular weight is 331 g/mol. The summed E-state index contributed by atoms with van der Waals surface area (Å²) < 4.78 is 26.8. The number of rotatable bonds is 6. The van der Waals surface area contributed by atoms with E-state index >= 15 is 0 Å². The fraction of sp³-hybridized carbons (Fsp3) is 0.118. The van der Waals surface area contributed by atoms with Gasteiger partial charge < -0.3 is 10.6 Å². The van der Waals surface area contributed by atoms with Gasteiger partial charge >= 0.3 is 0 Å². The predicted molar refractivity (Wildman–Crippen MR) is 85.9 cm³/mol. The number of hydrogen-bond acceptors (Lipinski definition) is 3. The molecule has 0 bridgehead atoms. The molecule has 0 radical (unpaired) electrons. The maximum absolute atomic E-state index is 13.4. The summed E-state index contributed by atoms with van der Waals surface area (Å²) in [5, 5.41) is 5.08. The zero-order valence-electron chi connectivity index (χ0n) is 12.6. The maximum Gasteiger partial charge on any atom is 0.244 e. The molecule has 0 fully saturated rings. The molecule has 24 heavy (non-hydrogen) atoms. The van der Waals surface area contributed by atoms with E-state index < -0.39 is 17.5 Å². The Morgan fingerprint density at radius 2 is 1.88 bits per heavy atom. The summed E-state index contributed by atoms with van der Waals surface area (Å²) in [5.41, 5.74) is 0.269. The van der Waals surface area contributed by atoms with Crippen LogP contribution in [0.1, 0.15) is 12.0 Å². The first kappa shape index (κ1) is 17.3. The number of carbonyl (C=O) groups is 2. The number of carbonyl (C=O) groups excluding carboxylic acids is 2. The second-order valence-electron chi connectivity index (χ2n) is 4.80. The summed E-state index contributed by atoms with van der Waals surface area (Å²) in [7, 11) is 0. The van der Waals surface area contributed by atoms with Crippen molar-refractivity contribution in [3.8, 4) is 0 Å². The number of pyridine rings is 1. The highest BCUT2D eigenvalue weighted by molar-refractivity contribution is 5.93. The molecule has 2 aromatic rings. The lowest BCUT2D eigenvalue weighted by molar-refractivity contribution is -0.117. The number of nitrogens with one attached hydrogen (secondary N) is 2. The molecule has 0 spiro atoms. The molecule has 0 aliphatic carbocycles. The summed E-state index contributed by atoms with van der Waals surface area (Å²) >= 11 is 0. The Morgan fingerprint density at radius 3 is 2.54 bits per heavy atom. The van der Waals surface area contributed by atoms with Crippen molar-refractivity contribution in [2.75, 3.05) is 11.9 Å². The molecular formula is C17H15F2N3O2. The normalized spacial score (nSPS) is 10.6. The molecule has 5 nitrogen and oxygen atoms in total. The molecule has 0 aliphatic rings. The van der Waals surface area contributed by atoms with E-state index in [1.807, 2.05) is 0 Å². The van der Waals surface area contributed by atoms with Gasteiger partial charge in [0.05, 0.1) is 11.9 Å². The van der Waals surface area contributed by atoms with Crippen molar-refractivity contribution in [3.63, 3.8) is 0 Å². The molecule has 7 heteroatoms. The zero-order valence-corrected chi connectivity index (χ0v) is 12.6. The molecule has 0 aliphatic heterocycles. The Kier molecular flexibility index (Phi) is 6.13. The third-order valence-corrected chi connectivity index (χ3v) is 3.00. The highest BCUT2D eigenvalue weighted by Gasteiger charge is 2.06. The van der Waals surface area contributed by atoms with Crippen LogP contribution in [-0.4, -0.2) is 23.3 Å². The SMILES string of the molecule is O=C(C=Cc1c(F)cccc1F)NCCC(=O)Nc1cccnc1. The Bertz CT molecular complexity index is 729. The second kappa shape index (κ2) is 8.52. The highest BCUT2D eigenvalue weighted by Crippen LogP contribution is 2.13. The van der Waals surface area contributed by atoms with Crippen molar-refractivity contribution in [1.82, 2.24) is 10.3 Å². The van der Waals surface area contributed by atoms with Crippen LogP contribution in [0, 0.1) is 11.6 Å². The molecule has 0 unspecified atom stereocenters. The molecule has 124 valence electrons. The standard InChI is InChI=1S/C17H15F2N3O2/c18-14-4-1-5-15(19)13(14)6-7-16(23)21-10-8-17(24)22-12-3-2-9-20-11-12/h1-7,9,11H,8,10H2,(H,21,23)(H,22,24). The number of amides is 2. The van der Waals surface area contributed by atoms with E-state index in [1.165, 1.54) is 12.3 Å². The van der Waals surface area contributed by atoms with E-state index in [4.69, 9.17) is 0 Å². The van der Waals surface area contributed by atoms with Crippen LogP contribution >= 0.6 is 0 Å². The summed E-state index contributed by atoms with van der Waals surface area (Å²) in [5.74, 6) is -2.34. The largest absolute Gasteiger partial charge is 0.352 e. The van der Waals surface area contributed by atoms with Gasteiger partial charge in [-0.3, -0.25) is 14.6 Å². The number of anilines is 1. The number of aromatic nitrogens is 1. The molecule has 1 aromatic carbocycles. The van der Waals surface area contributed by atoms with E-state index in [0.717, 1.165) is 24.3 Å². The Hall–Kier alpha value is -3.09. The first-order valence-electron chi connectivity index (χ1n) is 7.16. The molecule has 0 atom stereocenters. The predicted octanol–water partition coefficient (Wildman–Crippen LogP) is 2.52. The Morgan fingerprint density at radius 1 is 1.12 bits per heavy atom. The molecule has 2 amide bonds. The van der Waals surface area contributed by atoms with Crippen LogP contribution < -0.4 is 10.6 Å². The van der Waals surface area contributed by atoms with Crippen molar-refractivity contribution in [2.45, 2.75) is 6.42 Å². The fourth-order valence-corrected chi connectivity index (χ4v) is 1.85. The van der Waals surface area contributed by atoms with E-state index in [0.29, 0.717) is 5.69 Å². The summed E-state index contributed by atoms with van der Waals surface area (Å²) in [4.78, 5) is 27.1. The fourth-order valence-electron chi connectivity index (χ4n) is 1.85. The van der Waals surface area contributed by atoms with Gasteiger partial charge in [0.1, 0.15) is 11.6 Å². The van der Waals surface area contributed by atoms with Crippen LogP contribution in [0.25, 0.3) is 6.08 Å². The van der Waals surface area contributed by atoms with Gasteiger partial charge in [-0.05, 0) is 30.3 Å². The van der Waals surface area contributed by atoms with Gasteiger partial charge in [0.15, 0.2) is 0 Å². The number of hydrogen-bond donors (Lipinski definition) is 2. The van der Waals surface area contributed by atoms with Crippen molar-refractivity contribution >= 4 is 23.6 Å². The van der Waals surface area contributed by atoms with Gasteiger partial charge in [0.25, 0.3) is 0 Å². The molecule has 1 heterocycles. The van der Waals surface area contributed by atoms with Gasteiger partial charge in [-0.1, -0.05) is 6.07 Å². The number of nitrogens with zero attached hydrogens (tertiary/aromatic N) is 1. The van der Waals surface area contributed by atoms with Crippen LogP contribution in [0.3, 0.4) is 0 Å². The van der Waals surface area contributed by atoms with Crippen LogP contribution in [0.4, 0.5) is 14.5 Å². The van der Waals surface area contributed by atoms with Crippen LogP contribution in [0.5, 0.6) is 0 Å². The minimum Gasteiger partial charge on any atom is -0.352 e. The lowest BCUT2D eigenvalue weighted by atomic mass is 10.2. The lowest BCUT2D eigenvalue weighted by Crippen LogP contribution is -2.26. The van der Waals surface area contributed by atoms with Crippen LogP contribution in [-0.2, 0) is 9.59 Å². The molecular weight excluding hydrogens is 316 g/mol. The topological polar surface area (TPSA) is 71.1 Å². The number of halogens is 2. The first-order chi connectivity index (χ1) is 11.6. The zero-order chi connectivity index (χ0) is 17.4. The van der Waals surface area contributed by atoms with E-state index in [-0.39, 0.29) is 24.4 Å². The van der Waals surface area contributed by atoms with Gasteiger partial charge in [-0.15, -0.1) is 0 Å². The maximum atomic E-state index is 13.4. The van der Waals surface area contributed by atoms with Crippen LogP contribution in [0.15, 0.2) is 48.8 Å². The third kappa shape index (κ3) is 5.28. The first-order valence-corrected chi connectivity index (χ1v) is 7.16. The van der Waals surface area contributed by atoms with Gasteiger partial charge in [0.2, 0.25) is 11.8 Å². The highest BCUT2D eigenvalue weighted by atomic mass is 19.1. The van der Waals surface area contributed by atoms with Gasteiger partial charge in [-0.2, -0.15) is 0 Å². The van der Waals surface area contributed by atoms with E-state index in [2.05, 4.69) is 15.6 Å². The smallest absolute Gasteiger partial charge is 0.244 e. The summed E-state index contributed by atoms with van der Waals surface area (Å²) in [6.45, 7) is 0.0923. The second-order valence-corrected chi connectivity index (χ2v) is 4.80. The van der Waals surface area contributed by atoms with E-state index in [1.54, 1.807) is 18.3 Å². The van der Waals surface area contributed by atoms with Crippen molar-refractivity contribution in [1.29, 1.82) is 0 Å². The van der Waals surface area contributed by atoms with Crippen molar-refractivity contribution in [2.24, 2.45) is 0 Å². The van der Waals surface area contributed by atoms with Crippen molar-refractivity contribution < 1.29 is 18.4 Å². The lowest BCUT2D eigenvalue weighted by Gasteiger charge is -2.05. The molecule has 0 saturated heterocycles. The quantitative estimate of drug-likeness (QED) is 0.799. The summed E-state index contributed by atoms with van der Waals surface area (Å²) in [6.07, 6.45) is 5.21. The van der Waals surface area contributed by atoms with Gasteiger partial charge in [0, 0.05) is 30.8 Å². The average Bonchev–Trinajstić information content (AvgIpc) is 2.55. The minimum atomic E-state index is -0.755. The van der Waals surface area contributed by atoms with Gasteiger partial charge in [-0.25, -0.2) is 8.78 Å². The Labute approximate surface area is 137 Å². The molecule has 1 aromatic heterocycles. The number of benzene rings is 1. The monoisotopic (exact) mass is 331 g/mol.